The Balaban J connectivity index is 1.50. The maximum absolute atomic E-state index is 13.6. The zero-order valence-corrected chi connectivity index (χ0v) is 20.4. The van der Waals surface area contributed by atoms with Crippen LogP contribution in [-0.4, -0.2) is 100 Å². The number of piperidine rings is 1. The van der Waals surface area contributed by atoms with Gasteiger partial charge in [0.05, 0.1) is 17.0 Å². The molecule has 2 aliphatic heterocycles. The van der Waals surface area contributed by atoms with Gasteiger partial charge in [-0.25, -0.2) is 12.7 Å². The molecule has 0 atom stereocenters. The quantitative estimate of drug-likeness (QED) is 0.629. The van der Waals surface area contributed by atoms with Crippen molar-refractivity contribution in [2.75, 3.05) is 64.8 Å². The van der Waals surface area contributed by atoms with Gasteiger partial charge in [-0.3, -0.25) is 14.5 Å². The van der Waals surface area contributed by atoms with Gasteiger partial charge in [0, 0.05) is 65.1 Å². The Labute approximate surface area is 196 Å². The summed E-state index contributed by atoms with van der Waals surface area (Å²) in [5.41, 5.74) is 1.25. The van der Waals surface area contributed by atoms with Crippen LogP contribution < -0.4 is 10.2 Å². The zero-order valence-electron chi connectivity index (χ0n) is 19.6. The van der Waals surface area contributed by atoms with Gasteiger partial charge in [-0.15, -0.1) is 0 Å². The van der Waals surface area contributed by atoms with Crippen LogP contribution in [-0.2, 0) is 14.8 Å². The predicted molar refractivity (Wildman–Crippen MR) is 127 cm³/mol. The highest BCUT2D eigenvalue weighted by atomic mass is 32.2. The van der Waals surface area contributed by atoms with E-state index in [4.69, 9.17) is 0 Å². The van der Waals surface area contributed by atoms with E-state index in [1.54, 1.807) is 17.0 Å². The predicted octanol–water partition coefficient (Wildman–Crippen LogP) is 0.964. The molecule has 33 heavy (non-hydrogen) atoms. The van der Waals surface area contributed by atoms with E-state index in [0.29, 0.717) is 44.3 Å². The SMILES string of the molecule is CN(C)S(=O)(=O)c1ccc(N2CCCCC2)c(C(=O)N2CCN(CC(=O)NC3CC3)CC2)c1. The number of hydrogen-bond donors (Lipinski definition) is 1. The van der Waals surface area contributed by atoms with Gasteiger partial charge < -0.3 is 15.1 Å². The van der Waals surface area contributed by atoms with E-state index in [2.05, 4.69) is 15.1 Å². The zero-order chi connectivity index (χ0) is 23.6. The van der Waals surface area contributed by atoms with Crippen molar-refractivity contribution < 1.29 is 18.0 Å². The highest BCUT2D eigenvalue weighted by molar-refractivity contribution is 7.89. The summed E-state index contributed by atoms with van der Waals surface area (Å²) in [5.74, 6) is -0.0975. The molecule has 0 unspecified atom stereocenters. The van der Waals surface area contributed by atoms with Crippen LogP contribution >= 0.6 is 0 Å². The Morgan fingerprint density at radius 1 is 1.00 bits per heavy atom. The minimum atomic E-state index is -3.65. The number of hydrogen-bond acceptors (Lipinski definition) is 6. The maximum Gasteiger partial charge on any atom is 0.256 e. The minimum Gasteiger partial charge on any atom is -0.371 e. The molecular weight excluding hydrogens is 442 g/mol. The first-order valence-electron chi connectivity index (χ1n) is 11.9. The first-order chi connectivity index (χ1) is 15.8. The van der Waals surface area contributed by atoms with Crippen molar-refractivity contribution in [2.24, 2.45) is 0 Å². The third-order valence-corrected chi connectivity index (χ3v) is 8.45. The van der Waals surface area contributed by atoms with Crippen LogP contribution in [0.4, 0.5) is 5.69 Å². The molecule has 2 heterocycles. The van der Waals surface area contributed by atoms with Crippen LogP contribution in [0, 0.1) is 0 Å². The summed E-state index contributed by atoms with van der Waals surface area (Å²) >= 11 is 0. The van der Waals surface area contributed by atoms with Crippen LogP contribution in [0.1, 0.15) is 42.5 Å². The summed E-state index contributed by atoms with van der Waals surface area (Å²) in [6.45, 7) is 4.36. The molecule has 0 bridgehead atoms. The van der Waals surface area contributed by atoms with Gasteiger partial charge in [-0.1, -0.05) is 0 Å². The van der Waals surface area contributed by atoms with E-state index in [1.807, 2.05) is 0 Å². The number of anilines is 1. The smallest absolute Gasteiger partial charge is 0.256 e. The average molecular weight is 478 g/mol. The van der Waals surface area contributed by atoms with Crippen molar-refractivity contribution in [3.8, 4) is 0 Å². The summed E-state index contributed by atoms with van der Waals surface area (Å²) in [5, 5.41) is 3.01. The number of rotatable bonds is 7. The number of carbonyl (C=O) groups is 2. The molecule has 4 rings (SSSR count). The van der Waals surface area contributed by atoms with Gasteiger partial charge in [-0.05, 0) is 50.3 Å². The lowest BCUT2D eigenvalue weighted by Gasteiger charge is -2.36. The van der Waals surface area contributed by atoms with Gasteiger partial charge in [0.15, 0.2) is 0 Å². The minimum absolute atomic E-state index is 0.0475. The molecule has 10 heteroatoms. The summed E-state index contributed by atoms with van der Waals surface area (Å²) in [6.07, 6.45) is 5.43. The summed E-state index contributed by atoms with van der Waals surface area (Å²) in [7, 11) is -0.659. The molecule has 1 N–H and O–H groups in total. The number of nitrogens with one attached hydrogen (secondary N) is 1. The van der Waals surface area contributed by atoms with Gasteiger partial charge in [-0.2, -0.15) is 0 Å². The van der Waals surface area contributed by atoms with E-state index < -0.39 is 10.0 Å². The number of benzene rings is 1. The standard InChI is InChI=1S/C23H35N5O4S/c1-25(2)33(31,32)19-8-9-21(27-10-4-3-5-11-27)20(16-19)23(30)28-14-12-26(13-15-28)17-22(29)24-18-6-7-18/h8-9,16,18H,3-7,10-15,17H2,1-2H3,(H,24,29). The fourth-order valence-corrected chi connectivity index (χ4v) is 5.38. The average Bonchev–Trinajstić information content (AvgIpc) is 3.63. The second-order valence-electron chi connectivity index (χ2n) is 9.42. The lowest BCUT2D eigenvalue weighted by molar-refractivity contribution is -0.122. The molecule has 3 aliphatic rings. The summed E-state index contributed by atoms with van der Waals surface area (Å²) < 4.78 is 26.6. The number of sulfonamides is 1. The van der Waals surface area contributed by atoms with Crippen molar-refractivity contribution in [1.82, 2.24) is 19.4 Å². The van der Waals surface area contributed by atoms with Gasteiger partial charge >= 0.3 is 0 Å². The van der Waals surface area contributed by atoms with Crippen molar-refractivity contribution in [1.29, 1.82) is 0 Å². The molecule has 3 fully saturated rings. The second kappa shape index (κ2) is 9.99. The Morgan fingerprint density at radius 2 is 1.67 bits per heavy atom. The molecule has 1 aliphatic carbocycles. The van der Waals surface area contributed by atoms with E-state index >= 15 is 0 Å². The van der Waals surface area contributed by atoms with Crippen molar-refractivity contribution in [3.05, 3.63) is 23.8 Å². The van der Waals surface area contributed by atoms with E-state index in [-0.39, 0.29) is 16.7 Å². The summed E-state index contributed by atoms with van der Waals surface area (Å²) in [6, 6.07) is 5.27. The van der Waals surface area contributed by atoms with E-state index in [0.717, 1.165) is 44.5 Å². The molecule has 2 saturated heterocycles. The van der Waals surface area contributed by atoms with Gasteiger partial charge in [0.1, 0.15) is 0 Å². The van der Waals surface area contributed by atoms with Crippen LogP contribution in [0.5, 0.6) is 0 Å². The topological polar surface area (TPSA) is 93.3 Å². The molecular formula is C23H35N5O4S. The second-order valence-corrected chi connectivity index (χ2v) is 11.6. The first-order valence-corrected chi connectivity index (χ1v) is 13.3. The molecule has 0 radical (unpaired) electrons. The third kappa shape index (κ3) is 5.67. The number of nitrogens with zero attached hydrogens (tertiary/aromatic N) is 4. The third-order valence-electron chi connectivity index (χ3n) is 6.64. The molecule has 1 aromatic rings. The van der Waals surface area contributed by atoms with Crippen LogP contribution in [0.15, 0.2) is 23.1 Å². The first kappa shape index (κ1) is 24.0. The van der Waals surface area contributed by atoms with Gasteiger partial charge in [0.25, 0.3) is 5.91 Å². The fraction of sp³-hybridized carbons (Fsp3) is 0.652. The Bertz CT molecular complexity index is 979. The Hall–Kier alpha value is -2.17. The largest absolute Gasteiger partial charge is 0.371 e. The highest BCUT2D eigenvalue weighted by Crippen LogP contribution is 2.29. The Morgan fingerprint density at radius 3 is 2.27 bits per heavy atom. The maximum atomic E-state index is 13.6. The highest BCUT2D eigenvalue weighted by Gasteiger charge is 2.30. The molecule has 1 saturated carbocycles. The van der Waals surface area contributed by atoms with Crippen molar-refractivity contribution in [2.45, 2.75) is 43.0 Å². The Kier molecular flexibility index (Phi) is 7.25. The van der Waals surface area contributed by atoms with Crippen LogP contribution in [0.3, 0.4) is 0 Å². The molecule has 9 nitrogen and oxygen atoms in total. The normalized spacial score (nSPS) is 20.2. The lowest BCUT2D eigenvalue weighted by Crippen LogP contribution is -2.51. The van der Waals surface area contributed by atoms with Crippen molar-refractivity contribution in [3.63, 3.8) is 0 Å². The van der Waals surface area contributed by atoms with E-state index in [1.165, 1.54) is 30.9 Å². The van der Waals surface area contributed by atoms with Crippen LogP contribution in [0.2, 0.25) is 0 Å². The fourth-order valence-electron chi connectivity index (χ4n) is 4.45. The number of amides is 2. The summed E-state index contributed by atoms with van der Waals surface area (Å²) in [4.78, 5) is 31.9. The van der Waals surface area contributed by atoms with Gasteiger partial charge in [0.2, 0.25) is 15.9 Å². The molecule has 1 aromatic carbocycles. The van der Waals surface area contributed by atoms with Crippen LogP contribution in [0.25, 0.3) is 0 Å². The molecule has 2 amide bonds. The lowest BCUT2D eigenvalue weighted by atomic mass is 10.1. The number of piperazine rings is 1. The monoisotopic (exact) mass is 477 g/mol. The molecule has 182 valence electrons. The van der Waals surface area contributed by atoms with E-state index in [9.17, 15) is 18.0 Å². The molecule has 0 spiro atoms. The van der Waals surface area contributed by atoms with Crippen molar-refractivity contribution >= 4 is 27.5 Å². The number of carbonyl (C=O) groups excluding carboxylic acids is 2. The molecule has 0 aromatic heterocycles.